The normalized spacial score (nSPS) is 17.4. The fraction of sp³-hybridized carbons (Fsp3) is 0.350. The summed E-state index contributed by atoms with van der Waals surface area (Å²) in [6.07, 6.45) is 2.55. The van der Waals surface area contributed by atoms with Crippen molar-refractivity contribution in [3.05, 3.63) is 65.2 Å². The lowest BCUT2D eigenvalue weighted by atomic mass is 10.1. The highest BCUT2D eigenvalue weighted by Crippen LogP contribution is 2.25. The largest absolute Gasteiger partial charge is 0.341 e. The Morgan fingerprint density at radius 2 is 1.77 bits per heavy atom. The summed E-state index contributed by atoms with van der Waals surface area (Å²) in [5.41, 5.74) is 1.21. The van der Waals surface area contributed by atoms with Crippen LogP contribution in [0.2, 0.25) is 5.02 Å². The molecular weight excluding hydrogens is 370 g/mol. The first-order valence-corrected chi connectivity index (χ1v) is 10.7. The highest BCUT2D eigenvalue weighted by atomic mass is 35.5. The number of benzene rings is 2. The predicted molar refractivity (Wildman–Crippen MR) is 103 cm³/mol. The van der Waals surface area contributed by atoms with Crippen molar-refractivity contribution in [1.82, 2.24) is 4.90 Å². The molecule has 0 aromatic heterocycles. The average Bonchev–Trinajstić information content (AvgIpc) is 3.14. The molecule has 1 atom stereocenters. The molecule has 1 fully saturated rings. The van der Waals surface area contributed by atoms with Gasteiger partial charge in [0.25, 0.3) is 0 Å². The van der Waals surface area contributed by atoms with E-state index < -0.39 is 15.1 Å². The van der Waals surface area contributed by atoms with E-state index in [4.69, 9.17) is 11.6 Å². The Balaban J connectivity index is 1.54. The van der Waals surface area contributed by atoms with Gasteiger partial charge in [-0.15, -0.1) is 0 Å². The van der Waals surface area contributed by atoms with Gasteiger partial charge in [0, 0.05) is 24.5 Å². The van der Waals surface area contributed by atoms with Crippen molar-refractivity contribution >= 4 is 27.3 Å². The zero-order chi connectivity index (χ0) is 18.6. The van der Waals surface area contributed by atoms with Crippen LogP contribution in [0.15, 0.2) is 59.5 Å². The van der Waals surface area contributed by atoms with Crippen LogP contribution in [-0.2, 0) is 21.1 Å². The summed E-state index contributed by atoms with van der Waals surface area (Å²) >= 11 is 5.83. The second-order valence-electron chi connectivity index (χ2n) is 6.59. The Morgan fingerprint density at radius 1 is 1.08 bits per heavy atom. The minimum atomic E-state index is -3.44. The minimum Gasteiger partial charge on any atom is -0.341 e. The van der Waals surface area contributed by atoms with Gasteiger partial charge in [-0.05, 0) is 49.1 Å². The molecule has 0 radical (unpaired) electrons. The van der Waals surface area contributed by atoms with Gasteiger partial charge in [0.1, 0.15) is 0 Å². The number of carbonyl (C=O) groups is 1. The van der Waals surface area contributed by atoms with Crippen LogP contribution in [0.25, 0.3) is 0 Å². The average molecular weight is 392 g/mol. The lowest BCUT2D eigenvalue weighted by Crippen LogP contribution is -2.31. The van der Waals surface area contributed by atoms with Crippen molar-refractivity contribution in [3.63, 3.8) is 0 Å². The molecule has 0 aliphatic carbocycles. The lowest BCUT2D eigenvalue weighted by Gasteiger charge is -2.17. The number of hydrogen-bond donors (Lipinski definition) is 0. The molecular formula is C20H22ClNO3S. The lowest BCUT2D eigenvalue weighted by molar-refractivity contribution is -0.130. The smallest absolute Gasteiger partial charge is 0.222 e. The van der Waals surface area contributed by atoms with E-state index in [2.05, 4.69) is 12.1 Å². The predicted octanol–water partition coefficient (Wildman–Crippen LogP) is 3.74. The standard InChI is InChI=1S/C20H22ClNO3S/c21-17-9-11-18(12-10-17)26(24,25)19-13-14-22(15-19)20(23)8-4-7-16-5-2-1-3-6-16/h1-3,5-6,9-12,19H,4,7-8,13-15H2. The van der Waals surface area contributed by atoms with E-state index in [1.165, 1.54) is 17.7 Å². The van der Waals surface area contributed by atoms with Gasteiger partial charge in [-0.25, -0.2) is 8.42 Å². The van der Waals surface area contributed by atoms with Crippen molar-refractivity contribution in [2.75, 3.05) is 13.1 Å². The van der Waals surface area contributed by atoms with E-state index >= 15 is 0 Å². The van der Waals surface area contributed by atoms with Crippen LogP contribution in [0.1, 0.15) is 24.8 Å². The Hall–Kier alpha value is -1.85. The molecule has 4 nitrogen and oxygen atoms in total. The number of rotatable bonds is 6. The van der Waals surface area contributed by atoms with E-state index in [0.717, 1.165) is 12.8 Å². The van der Waals surface area contributed by atoms with Crippen LogP contribution in [0.3, 0.4) is 0 Å². The maximum Gasteiger partial charge on any atom is 0.222 e. The summed E-state index contributed by atoms with van der Waals surface area (Å²) in [6, 6.07) is 16.3. The highest BCUT2D eigenvalue weighted by molar-refractivity contribution is 7.92. The number of aryl methyl sites for hydroxylation is 1. The molecule has 3 rings (SSSR count). The summed E-state index contributed by atoms with van der Waals surface area (Å²) in [5, 5.41) is -0.0349. The molecule has 1 aliphatic rings. The zero-order valence-electron chi connectivity index (χ0n) is 14.5. The third-order valence-corrected chi connectivity index (χ3v) is 7.22. The molecule has 138 valence electrons. The van der Waals surface area contributed by atoms with Gasteiger partial charge < -0.3 is 4.90 Å². The Kier molecular flexibility index (Phi) is 5.99. The first-order valence-electron chi connectivity index (χ1n) is 8.78. The van der Waals surface area contributed by atoms with Crippen LogP contribution in [-0.4, -0.2) is 37.6 Å². The molecule has 1 heterocycles. The van der Waals surface area contributed by atoms with E-state index in [-0.39, 0.29) is 17.3 Å². The second kappa shape index (κ2) is 8.23. The van der Waals surface area contributed by atoms with E-state index in [9.17, 15) is 13.2 Å². The fourth-order valence-corrected chi connectivity index (χ4v) is 5.09. The number of sulfone groups is 1. The van der Waals surface area contributed by atoms with Gasteiger partial charge in [-0.1, -0.05) is 41.9 Å². The van der Waals surface area contributed by atoms with Crippen LogP contribution in [0.4, 0.5) is 0 Å². The third kappa shape index (κ3) is 4.46. The van der Waals surface area contributed by atoms with Crippen molar-refractivity contribution in [2.45, 2.75) is 35.8 Å². The summed E-state index contributed by atoms with van der Waals surface area (Å²) in [5.74, 6) is 0.0368. The number of hydrogen-bond acceptors (Lipinski definition) is 3. The molecule has 2 aromatic carbocycles. The van der Waals surface area contributed by atoms with Gasteiger partial charge in [0.15, 0.2) is 9.84 Å². The molecule has 1 saturated heterocycles. The summed E-state index contributed by atoms with van der Waals surface area (Å²) in [6.45, 7) is 0.775. The molecule has 1 amide bonds. The number of nitrogens with zero attached hydrogens (tertiary/aromatic N) is 1. The fourth-order valence-electron chi connectivity index (χ4n) is 3.27. The van der Waals surface area contributed by atoms with Crippen LogP contribution < -0.4 is 0 Å². The molecule has 6 heteroatoms. The first kappa shape index (κ1) is 18.9. The Bertz CT molecular complexity index is 850. The van der Waals surface area contributed by atoms with E-state index in [1.807, 2.05) is 18.2 Å². The van der Waals surface area contributed by atoms with Crippen LogP contribution in [0.5, 0.6) is 0 Å². The highest BCUT2D eigenvalue weighted by Gasteiger charge is 2.35. The SMILES string of the molecule is O=C(CCCc1ccccc1)N1CCC(S(=O)(=O)c2ccc(Cl)cc2)C1. The molecule has 0 bridgehead atoms. The van der Waals surface area contributed by atoms with Gasteiger partial charge in [-0.2, -0.15) is 0 Å². The molecule has 0 N–H and O–H groups in total. The maximum atomic E-state index is 12.7. The quantitative estimate of drug-likeness (QED) is 0.753. The molecule has 0 saturated carbocycles. The second-order valence-corrected chi connectivity index (χ2v) is 9.25. The van der Waals surface area contributed by atoms with E-state index in [0.29, 0.717) is 24.4 Å². The summed E-state index contributed by atoms with van der Waals surface area (Å²) in [4.78, 5) is 14.4. The van der Waals surface area contributed by atoms with Crippen LogP contribution in [0, 0.1) is 0 Å². The zero-order valence-corrected chi connectivity index (χ0v) is 16.0. The molecule has 0 spiro atoms. The Morgan fingerprint density at radius 3 is 2.46 bits per heavy atom. The number of halogens is 1. The number of amides is 1. The molecule has 2 aromatic rings. The summed E-state index contributed by atoms with van der Waals surface area (Å²) < 4.78 is 25.5. The van der Waals surface area contributed by atoms with E-state index in [1.54, 1.807) is 17.0 Å². The van der Waals surface area contributed by atoms with Crippen LogP contribution >= 0.6 is 11.6 Å². The van der Waals surface area contributed by atoms with Gasteiger partial charge in [0.05, 0.1) is 10.1 Å². The molecule has 1 unspecified atom stereocenters. The monoisotopic (exact) mass is 391 g/mol. The van der Waals surface area contributed by atoms with Gasteiger partial charge in [0.2, 0.25) is 5.91 Å². The number of likely N-dealkylation sites (tertiary alicyclic amines) is 1. The van der Waals surface area contributed by atoms with Crippen molar-refractivity contribution in [2.24, 2.45) is 0 Å². The topological polar surface area (TPSA) is 54.5 Å². The van der Waals surface area contributed by atoms with Crippen molar-refractivity contribution < 1.29 is 13.2 Å². The summed E-state index contributed by atoms with van der Waals surface area (Å²) in [7, 11) is -3.44. The maximum absolute atomic E-state index is 12.7. The van der Waals surface area contributed by atoms with Crippen molar-refractivity contribution in [3.8, 4) is 0 Å². The molecule has 26 heavy (non-hydrogen) atoms. The number of carbonyl (C=O) groups excluding carboxylic acids is 1. The third-order valence-electron chi connectivity index (χ3n) is 4.78. The Labute approximate surface area is 159 Å². The minimum absolute atomic E-state index is 0.0368. The molecule has 1 aliphatic heterocycles. The van der Waals surface area contributed by atoms with Gasteiger partial charge in [-0.3, -0.25) is 4.79 Å². The van der Waals surface area contributed by atoms with Gasteiger partial charge >= 0.3 is 0 Å². The first-order chi connectivity index (χ1) is 12.5. The van der Waals surface area contributed by atoms with Crippen molar-refractivity contribution in [1.29, 1.82) is 0 Å².